The number of hydrogen-bond donors (Lipinski definition) is 5. The number of allylic oxidation sites excluding steroid dienone is 1. The van der Waals surface area contributed by atoms with Gasteiger partial charge in [-0.3, -0.25) is 14.4 Å². The number of nitrogens with one attached hydrogen (secondary N) is 1. The number of carboxylic acid groups (broad SMARTS) is 2. The normalized spacial score (nSPS) is 13.5. The first-order chi connectivity index (χ1) is 15.8. The van der Waals surface area contributed by atoms with E-state index in [1.807, 2.05) is 6.08 Å². The lowest BCUT2D eigenvalue weighted by Gasteiger charge is -2.17. The molecule has 0 aromatic rings. The molecule has 0 aromatic heterocycles. The SMILES string of the molecule is CCCCCCCCCCCCC/C=C(/SCC(N)C(=O)NCC(=O)O)C(O)CCC(=O)O. The van der Waals surface area contributed by atoms with Crippen LogP contribution in [0.4, 0.5) is 0 Å². The summed E-state index contributed by atoms with van der Waals surface area (Å²) in [5, 5.41) is 30.1. The average molecular weight is 489 g/mol. The summed E-state index contributed by atoms with van der Waals surface area (Å²) in [5.74, 6) is -2.54. The smallest absolute Gasteiger partial charge is 0.322 e. The zero-order chi connectivity index (χ0) is 24.9. The molecule has 0 saturated heterocycles. The van der Waals surface area contributed by atoms with Crippen molar-refractivity contribution in [2.24, 2.45) is 5.73 Å². The molecule has 0 aliphatic heterocycles. The van der Waals surface area contributed by atoms with E-state index in [4.69, 9.17) is 15.9 Å². The van der Waals surface area contributed by atoms with E-state index >= 15 is 0 Å². The lowest BCUT2D eigenvalue weighted by Crippen LogP contribution is -2.44. The number of carbonyl (C=O) groups is 3. The summed E-state index contributed by atoms with van der Waals surface area (Å²) in [6.07, 6.45) is 15.4. The summed E-state index contributed by atoms with van der Waals surface area (Å²) in [4.78, 5) is 33.8. The number of aliphatic carboxylic acids is 2. The molecule has 8 nitrogen and oxygen atoms in total. The van der Waals surface area contributed by atoms with E-state index in [2.05, 4.69) is 12.2 Å². The van der Waals surface area contributed by atoms with E-state index < -0.39 is 36.5 Å². The van der Waals surface area contributed by atoms with Crippen molar-refractivity contribution in [3.63, 3.8) is 0 Å². The van der Waals surface area contributed by atoms with Crippen LogP contribution in [0.25, 0.3) is 0 Å². The predicted molar refractivity (Wildman–Crippen MR) is 133 cm³/mol. The van der Waals surface area contributed by atoms with E-state index in [1.54, 1.807) is 0 Å². The van der Waals surface area contributed by atoms with Gasteiger partial charge in [0.25, 0.3) is 0 Å². The first kappa shape index (κ1) is 31.4. The minimum Gasteiger partial charge on any atom is -0.481 e. The Morgan fingerprint density at radius 2 is 1.45 bits per heavy atom. The van der Waals surface area contributed by atoms with Gasteiger partial charge in [0.1, 0.15) is 6.54 Å². The molecule has 33 heavy (non-hydrogen) atoms. The third kappa shape index (κ3) is 19.6. The zero-order valence-corrected chi connectivity index (χ0v) is 20.9. The zero-order valence-electron chi connectivity index (χ0n) is 20.1. The fourth-order valence-electron chi connectivity index (χ4n) is 3.30. The van der Waals surface area contributed by atoms with Gasteiger partial charge in [-0.05, 0) is 19.3 Å². The highest BCUT2D eigenvalue weighted by atomic mass is 32.2. The van der Waals surface area contributed by atoms with Gasteiger partial charge in [0.05, 0.1) is 12.1 Å². The first-order valence-electron chi connectivity index (χ1n) is 12.3. The maximum absolute atomic E-state index is 11.8. The fourth-order valence-corrected chi connectivity index (χ4v) is 4.37. The number of unbranched alkanes of at least 4 members (excludes halogenated alkanes) is 11. The molecule has 1 amide bonds. The highest BCUT2D eigenvalue weighted by Crippen LogP contribution is 2.25. The third-order valence-electron chi connectivity index (χ3n) is 5.29. The fraction of sp³-hybridized carbons (Fsp3) is 0.792. The second-order valence-corrected chi connectivity index (χ2v) is 9.50. The van der Waals surface area contributed by atoms with Crippen LogP contribution in [-0.2, 0) is 14.4 Å². The average Bonchev–Trinajstić information content (AvgIpc) is 2.78. The summed E-state index contributed by atoms with van der Waals surface area (Å²) in [7, 11) is 0. The third-order valence-corrected chi connectivity index (χ3v) is 6.59. The number of rotatable bonds is 22. The molecule has 0 heterocycles. The molecule has 0 saturated carbocycles. The molecule has 0 aromatic carbocycles. The molecular weight excluding hydrogens is 444 g/mol. The number of hydrogen-bond acceptors (Lipinski definition) is 6. The second kappa shape index (κ2) is 21.0. The summed E-state index contributed by atoms with van der Waals surface area (Å²) in [6.45, 7) is 1.73. The molecule has 6 N–H and O–H groups in total. The molecular formula is C24H44N2O6S. The van der Waals surface area contributed by atoms with Gasteiger partial charge in [-0.25, -0.2) is 0 Å². The number of thioether (sulfide) groups is 1. The lowest BCUT2D eigenvalue weighted by molar-refractivity contribution is -0.138. The van der Waals surface area contributed by atoms with E-state index in [1.165, 1.54) is 69.5 Å². The van der Waals surface area contributed by atoms with Crippen molar-refractivity contribution in [2.45, 2.75) is 109 Å². The standard InChI is InChI=1S/C24H44N2O6S/c1-2-3-4-5-6-7-8-9-10-11-12-13-14-21(20(27)15-16-22(28)29)33-18-19(25)24(32)26-17-23(30)31/h14,19-20,27H,2-13,15-18,25H2,1H3,(H,26,32)(H,28,29)(H,30,31)/b21-14+. The Bertz CT molecular complexity index is 585. The molecule has 0 aliphatic carbocycles. The number of nitrogens with two attached hydrogens (primary N) is 1. The minimum absolute atomic E-state index is 0.0902. The van der Waals surface area contributed by atoms with Gasteiger partial charge in [-0.1, -0.05) is 77.2 Å². The highest BCUT2D eigenvalue weighted by Gasteiger charge is 2.18. The molecule has 2 unspecified atom stereocenters. The molecule has 0 spiro atoms. The van der Waals surface area contributed by atoms with Crippen LogP contribution in [0.3, 0.4) is 0 Å². The van der Waals surface area contributed by atoms with Crippen LogP contribution in [0.5, 0.6) is 0 Å². The number of carbonyl (C=O) groups excluding carboxylic acids is 1. The van der Waals surface area contributed by atoms with Gasteiger partial charge in [0, 0.05) is 17.1 Å². The van der Waals surface area contributed by atoms with Gasteiger partial charge in [0.15, 0.2) is 0 Å². The molecule has 2 atom stereocenters. The summed E-state index contributed by atoms with van der Waals surface area (Å²) >= 11 is 1.22. The van der Waals surface area contributed by atoms with Crippen LogP contribution >= 0.6 is 11.8 Å². The summed E-state index contributed by atoms with van der Waals surface area (Å²) in [6, 6.07) is -0.925. The Kier molecular flexibility index (Phi) is 20.0. The van der Waals surface area contributed by atoms with E-state index in [0.29, 0.717) is 4.91 Å². The Morgan fingerprint density at radius 3 is 1.97 bits per heavy atom. The molecule has 0 rings (SSSR count). The number of aliphatic hydroxyl groups is 1. The van der Waals surface area contributed by atoms with Crippen molar-refractivity contribution in [2.75, 3.05) is 12.3 Å². The first-order valence-corrected chi connectivity index (χ1v) is 13.2. The van der Waals surface area contributed by atoms with Crippen LogP contribution < -0.4 is 11.1 Å². The molecule has 0 fully saturated rings. The van der Waals surface area contributed by atoms with Crippen LogP contribution in [0.15, 0.2) is 11.0 Å². The van der Waals surface area contributed by atoms with Crippen LogP contribution in [0.2, 0.25) is 0 Å². The number of aliphatic hydroxyl groups excluding tert-OH is 1. The maximum Gasteiger partial charge on any atom is 0.322 e. The van der Waals surface area contributed by atoms with Crippen molar-refractivity contribution >= 4 is 29.6 Å². The Balaban J connectivity index is 4.33. The molecule has 0 radical (unpaired) electrons. The maximum atomic E-state index is 11.8. The van der Waals surface area contributed by atoms with Gasteiger partial charge in [-0.15, -0.1) is 11.8 Å². The Morgan fingerprint density at radius 1 is 0.909 bits per heavy atom. The van der Waals surface area contributed by atoms with E-state index in [-0.39, 0.29) is 18.6 Å². The van der Waals surface area contributed by atoms with Gasteiger partial charge in [-0.2, -0.15) is 0 Å². The van der Waals surface area contributed by atoms with Gasteiger partial charge in [0.2, 0.25) is 5.91 Å². The van der Waals surface area contributed by atoms with Crippen molar-refractivity contribution in [1.29, 1.82) is 0 Å². The van der Waals surface area contributed by atoms with Crippen molar-refractivity contribution in [3.05, 3.63) is 11.0 Å². The quantitative estimate of drug-likeness (QED) is 0.143. The lowest BCUT2D eigenvalue weighted by atomic mass is 10.0. The minimum atomic E-state index is -1.15. The van der Waals surface area contributed by atoms with Crippen molar-refractivity contribution < 1.29 is 29.7 Å². The second-order valence-electron chi connectivity index (χ2n) is 8.41. The monoisotopic (exact) mass is 488 g/mol. The van der Waals surface area contributed by atoms with Crippen LogP contribution in [0.1, 0.15) is 96.8 Å². The van der Waals surface area contributed by atoms with Gasteiger partial charge >= 0.3 is 11.9 Å². The van der Waals surface area contributed by atoms with Crippen molar-refractivity contribution in [3.8, 4) is 0 Å². The number of carboxylic acids is 2. The summed E-state index contributed by atoms with van der Waals surface area (Å²) < 4.78 is 0. The van der Waals surface area contributed by atoms with Crippen LogP contribution in [-0.4, -0.2) is 57.6 Å². The predicted octanol–water partition coefficient (Wildman–Crippen LogP) is 4.06. The van der Waals surface area contributed by atoms with E-state index in [9.17, 15) is 19.5 Å². The Hall–Kier alpha value is -1.58. The molecule has 192 valence electrons. The number of amides is 1. The molecule has 9 heteroatoms. The largest absolute Gasteiger partial charge is 0.481 e. The van der Waals surface area contributed by atoms with Gasteiger partial charge < -0.3 is 26.4 Å². The topological polar surface area (TPSA) is 150 Å². The molecule has 0 aliphatic rings. The van der Waals surface area contributed by atoms with E-state index in [0.717, 1.165) is 19.3 Å². The molecule has 0 bridgehead atoms. The van der Waals surface area contributed by atoms with Crippen LogP contribution in [0, 0.1) is 0 Å². The highest BCUT2D eigenvalue weighted by molar-refractivity contribution is 8.03. The summed E-state index contributed by atoms with van der Waals surface area (Å²) in [5.41, 5.74) is 5.81. The van der Waals surface area contributed by atoms with Crippen molar-refractivity contribution in [1.82, 2.24) is 5.32 Å². The Labute approximate surface area is 202 Å².